The summed E-state index contributed by atoms with van der Waals surface area (Å²) in [4.78, 5) is 17.7. The number of carbonyl (C=O) groups is 1. The highest BCUT2D eigenvalue weighted by Gasteiger charge is 2.22. The number of hydrogen-bond acceptors (Lipinski definition) is 4. The van der Waals surface area contributed by atoms with Crippen molar-refractivity contribution in [3.63, 3.8) is 0 Å². The van der Waals surface area contributed by atoms with E-state index < -0.39 is 11.7 Å². The van der Waals surface area contributed by atoms with Crippen LogP contribution >= 0.6 is 0 Å². The van der Waals surface area contributed by atoms with Crippen LogP contribution in [0.15, 0.2) is 30.3 Å². The lowest BCUT2D eigenvalue weighted by Gasteiger charge is -2.26. The van der Waals surface area contributed by atoms with Crippen LogP contribution in [0.2, 0.25) is 0 Å². The van der Waals surface area contributed by atoms with Crippen molar-refractivity contribution in [3.8, 4) is 6.07 Å². The maximum Gasteiger partial charge on any atom is 0.434 e. The lowest BCUT2D eigenvalue weighted by atomic mass is 10.2. The van der Waals surface area contributed by atoms with Gasteiger partial charge in [-0.1, -0.05) is 30.3 Å². The highest BCUT2D eigenvalue weighted by atomic mass is 16.7. The van der Waals surface area contributed by atoms with E-state index in [2.05, 4.69) is 6.07 Å². The van der Waals surface area contributed by atoms with E-state index in [4.69, 9.17) is 14.8 Å². The summed E-state index contributed by atoms with van der Waals surface area (Å²) in [5.74, 6) is 0. The van der Waals surface area contributed by atoms with Crippen molar-refractivity contribution in [2.45, 2.75) is 52.2 Å². The van der Waals surface area contributed by atoms with E-state index >= 15 is 0 Å². The first-order chi connectivity index (χ1) is 10.4. The Kier molecular flexibility index (Phi) is 7.41. The molecule has 0 heterocycles. The molecule has 0 atom stereocenters. The standard InChI is InChI=1S/C17H24N2O3/c1-17(2,3)22-16(20)19(13-9-5-8-12-18)21-14-15-10-6-4-7-11-15/h4,6-7,10-11H,5,8-9,13-14H2,1-3H3. The second kappa shape index (κ2) is 9.06. The van der Waals surface area contributed by atoms with Crippen molar-refractivity contribution in [1.29, 1.82) is 5.26 Å². The highest BCUT2D eigenvalue weighted by Crippen LogP contribution is 2.12. The molecule has 0 radical (unpaired) electrons. The molecule has 120 valence electrons. The van der Waals surface area contributed by atoms with E-state index in [1.807, 2.05) is 51.1 Å². The van der Waals surface area contributed by atoms with Gasteiger partial charge in [0.05, 0.1) is 12.6 Å². The van der Waals surface area contributed by atoms with Crippen molar-refractivity contribution in [2.24, 2.45) is 0 Å². The number of amides is 1. The average molecular weight is 304 g/mol. The molecule has 0 saturated heterocycles. The van der Waals surface area contributed by atoms with Gasteiger partial charge in [0.2, 0.25) is 0 Å². The number of carbonyl (C=O) groups excluding carboxylic acids is 1. The Morgan fingerprint density at radius 3 is 2.50 bits per heavy atom. The van der Waals surface area contributed by atoms with Crippen molar-refractivity contribution >= 4 is 6.09 Å². The Morgan fingerprint density at radius 1 is 1.23 bits per heavy atom. The zero-order valence-corrected chi connectivity index (χ0v) is 13.5. The van der Waals surface area contributed by atoms with Crippen LogP contribution in [0.4, 0.5) is 4.79 Å². The molecule has 0 N–H and O–H groups in total. The van der Waals surface area contributed by atoms with Crippen LogP contribution in [0.3, 0.4) is 0 Å². The monoisotopic (exact) mass is 304 g/mol. The van der Waals surface area contributed by atoms with Gasteiger partial charge in [-0.25, -0.2) is 4.79 Å². The Hall–Kier alpha value is -2.06. The molecule has 5 heteroatoms. The van der Waals surface area contributed by atoms with E-state index in [1.165, 1.54) is 5.06 Å². The first kappa shape index (κ1) is 18.0. The average Bonchev–Trinajstić information content (AvgIpc) is 2.45. The smallest absolute Gasteiger partial charge is 0.434 e. The van der Waals surface area contributed by atoms with Crippen LogP contribution < -0.4 is 0 Å². The van der Waals surface area contributed by atoms with Gasteiger partial charge in [0.15, 0.2) is 0 Å². The third-order valence-electron chi connectivity index (χ3n) is 2.73. The fourth-order valence-electron chi connectivity index (χ4n) is 1.71. The summed E-state index contributed by atoms with van der Waals surface area (Å²) in [6.45, 7) is 6.16. The first-order valence-corrected chi connectivity index (χ1v) is 7.46. The minimum Gasteiger partial charge on any atom is -0.442 e. The van der Waals surface area contributed by atoms with Gasteiger partial charge in [-0.15, -0.1) is 0 Å². The lowest BCUT2D eigenvalue weighted by Crippen LogP contribution is -2.37. The summed E-state index contributed by atoms with van der Waals surface area (Å²) >= 11 is 0. The molecule has 1 aromatic carbocycles. The number of nitrogens with zero attached hydrogens (tertiary/aromatic N) is 2. The lowest BCUT2D eigenvalue weighted by molar-refractivity contribution is -0.156. The Labute approximate surface area is 132 Å². The summed E-state index contributed by atoms with van der Waals surface area (Å²) < 4.78 is 5.34. The molecule has 0 saturated carbocycles. The number of ether oxygens (including phenoxy) is 1. The first-order valence-electron chi connectivity index (χ1n) is 7.46. The third kappa shape index (κ3) is 7.65. The maximum atomic E-state index is 12.2. The SMILES string of the molecule is CC(C)(C)OC(=O)N(CCCCC#N)OCc1ccccc1. The largest absolute Gasteiger partial charge is 0.442 e. The molecule has 0 aliphatic heterocycles. The van der Waals surface area contributed by atoms with Gasteiger partial charge in [0, 0.05) is 6.42 Å². The van der Waals surface area contributed by atoms with Gasteiger partial charge in [-0.3, -0.25) is 4.84 Å². The van der Waals surface area contributed by atoms with E-state index in [1.54, 1.807) is 0 Å². The van der Waals surface area contributed by atoms with Gasteiger partial charge in [-0.2, -0.15) is 10.3 Å². The number of unbranched alkanes of at least 4 members (excludes halogenated alkanes) is 2. The zero-order chi connectivity index (χ0) is 16.4. The quantitative estimate of drug-likeness (QED) is 0.563. The second-order valence-electron chi connectivity index (χ2n) is 5.96. The number of hydrogen-bond donors (Lipinski definition) is 0. The molecule has 5 nitrogen and oxygen atoms in total. The molecule has 1 rings (SSSR count). The van der Waals surface area contributed by atoms with Gasteiger partial charge in [0.25, 0.3) is 0 Å². The topological polar surface area (TPSA) is 62.6 Å². The van der Waals surface area contributed by atoms with Crippen molar-refractivity contribution < 1.29 is 14.4 Å². The summed E-state index contributed by atoms with van der Waals surface area (Å²) in [6.07, 6.45) is 1.40. The molecular formula is C17H24N2O3. The van der Waals surface area contributed by atoms with Gasteiger partial charge in [-0.05, 0) is 39.2 Å². The Balaban J connectivity index is 2.56. The van der Waals surface area contributed by atoms with E-state index in [9.17, 15) is 4.79 Å². The highest BCUT2D eigenvalue weighted by molar-refractivity contribution is 5.66. The van der Waals surface area contributed by atoms with Crippen LogP contribution in [0, 0.1) is 11.3 Å². The van der Waals surface area contributed by atoms with Crippen LogP contribution in [0.25, 0.3) is 0 Å². The molecule has 0 spiro atoms. The minimum atomic E-state index is -0.571. The fourth-order valence-corrected chi connectivity index (χ4v) is 1.71. The number of hydroxylamine groups is 2. The molecule has 22 heavy (non-hydrogen) atoms. The molecule has 0 aliphatic carbocycles. The summed E-state index contributed by atoms with van der Waals surface area (Å²) in [5.41, 5.74) is 0.408. The maximum absolute atomic E-state index is 12.2. The van der Waals surface area contributed by atoms with Gasteiger partial charge >= 0.3 is 6.09 Å². The zero-order valence-electron chi connectivity index (χ0n) is 13.5. The number of benzene rings is 1. The summed E-state index contributed by atoms with van der Waals surface area (Å²) in [7, 11) is 0. The van der Waals surface area contributed by atoms with Crippen molar-refractivity contribution in [2.75, 3.05) is 6.54 Å². The normalized spacial score (nSPS) is 10.8. The molecule has 0 unspecified atom stereocenters. The van der Waals surface area contributed by atoms with E-state index in [0.29, 0.717) is 26.0 Å². The van der Waals surface area contributed by atoms with Crippen molar-refractivity contribution in [1.82, 2.24) is 5.06 Å². The van der Waals surface area contributed by atoms with Crippen LogP contribution in [-0.2, 0) is 16.2 Å². The fraction of sp³-hybridized carbons (Fsp3) is 0.529. The van der Waals surface area contributed by atoms with Crippen LogP contribution in [-0.4, -0.2) is 23.3 Å². The molecule has 0 aliphatic rings. The minimum absolute atomic E-state index is 0.304. The predicted molar refractivity (Wildman–Crippen MR) is 83.6 cm³/mol. The molecule has 1 amide bonds. The van der Waals surface area contributed by atoms with E-state index in [-0.39, 0.29) is 0 Å². The van der Waals surface area contributed by atoms with Gasteiger partial charge < -0.3 is 4.74 Å². The van der Waals surface area contributed by atoms with E-state index in [0.717, 1.165) is 12.0 Å². The molecular weight excluding hydrogens is 280 g/mol. The van der Waals surface area contributed by atoms with Crippen LogP contribution in [0.1, 0.15) is 45.6 Å². The Bertz CT molecular complexity index is 489. The molecule has 0 aromatic heterocycles. The third-order valence-corrected chi connectivity index (χ3v) is 2.73. The molecule has 0 bridgehead atoms. The molecule has 0 fully saturated rings. The van der Waals surface area contributed by atoms with Gasteiger partial charge in [0.1, 0.15) is 12.2 Å². The number of nitriles is 1. The summed E-state index contributed by atoms with van der Waals surface area (Å²) in [6, 6.07) is 11.7. The summed E-state index contributed by atoms with van der Waals surface area (Å²) in [5, 5.41) is 9.80. The second-order valence-corrected chi connectivity index (χ2v) is 5.96. The Morgan fingerprint density at radius 2 is 1.91 bits per heavy atom. The number of rotatable bonds is 7. The van der Waals surface area contributed by atoms with Crippen molar-refractivity contribution in [3.05, 3.63) is 35.9 Å². The van der Waals surface area contributed by atoms with Crippen LogP contribution in [0.5, 0.6) is 0 Å². The predicted octanol–water partition coefficient (Wildman–Crippen LogP) is 4.05. The molecule has 1 aromatic rings.